The summed E-state index contributed by atoms with van der Waals surface area (Å²) in [5.74, 6) is 1.69. The van der Waals surface area contributed by atoms with E-state index >= 15 is 0 Å². The molecule has 0 radical (unpaired) electrons. The van der Waals surface area contributed by atoms with E-state index in [1.165, 1.54) is 24.0 Å². The molecule has 2 N–H and O–H groups in total. The number of halogens is 1. The topological polar surface area (TPSA) is 48.9 Å². The van der Waals surface area contributed by atoms with E-state index in [0.717, 1.165) is 51.1 Å². The van der Waals surface area contributed by atoms with Crippen LogP contribution in [0.5, 0.6) is 0 Å². The molecule has 1 fully saturated rings. The van der Waals surface area contributed by atoms with Crippen molar-refractivity contribution in [2.75, 3.05) is 40.9 Å². The molecule has 0 aliphatic heterocycles. The van der Waals surface area contributed by atoms with Gasteiger partial charge >= 0.3 is 0 Å². The molecule has 1 aromatic carbocycles. The van der Waals surface area contributed by atoms with Crippen LogP contribution in [0.25, 0.3) is 0 Å². The zero-order chi connectivity index (χ0) is 17.2. The monoisotopic (exact) mass is 460 g/mol. The smallest absolute Gasteiger partial charge is 0.191 e. The fraction of sp³-hybridized carbons (Fsp3) is 0.632. The van der Waals surface area contributed by atoms with E-state index in [1.807, 2.05) is 0 Å². The van der Waals surface area contributed by atoms with Gasteiger partial charge in [0.2, 0.25) is 0 Å². The van der Waals surface area contributed by atoms with E-state index in [1.54, 1.807) is 7.05 Å². The van der Waals surface area contributed by atoms with Gasteiger partial charge in [0.15, 0.2) is 5.96 Å². The number of hydrogen-bond acceptors (Lipinski definition) is 3. The molecule has 0 spiro atoms. The molecule has 5 nitrogen and oxygen atoms in total. The van der Waals surface area contributed by atoms with Gasteiger partial charge in [-0.25, -0.2) is 0 Å². The average Bonchev–Trinajstić information content (AvgIpc) is 3.37. The zero-order valence-electron chi connectivity index (χ0n) is 15.8. The quantitative estimate of drug-likeness (QED) is 0.244. The Morgan fingerprint density at radius 3 is 2.68 bits per heavy atom. The van der Waals surface area contributed by atoms with Crippen molar-refractivity contribution in [3.05, 3.63) is 35.4 Å². The fourth-order valence-corrected chi connectivity index (χ4v) is 2.53. The molecular weight excluding hydrogens is 427 g/mol. The second-order valence-corrected chi connectivity index (χ2v) is 6.78. The highest BCUT2D eigenvalue weighted by molar-refractivity contribution is 14.0. The summed E-state index contributed by atoms with van der Waals surface area (Å²) in [6.07, 6.45) is 3.71. The Kier molecular flexibility index (Phi) is 11.1. The standard InChI is InChI=1S/C19H32N4O.HI/c1-20-19(21-10-5-11-24-15-16-8-9-16)22-13-17-6-4-7-18(12-17)14-23(2)3;/h4,6-7,12,16H,5,8-11,13-15H2,1-3H3,(H2,20,21,22);1H. The summed E-state index contributed by atoms with van der Waals surface area (Å²) in [6.45, 7) is 4.38. The molecule has 6 heteroatoms. The normalized spacial score (nSPS) is 14.3. The molecule has 1 aromatic rings. The largest absolute Gasteiger partial charge is 0.381 e. The molecule has 0 amide bonds. The molecule has 1 aliphatic carbocycles. The van der Waals surface area contributed by atoms with Gasteiger partial charge < -0.3 is 20.3 Å². The highest BCUT2D eigenvalue weighted by Crippen LogP contribution is 2.28. The Balaban J connectivity index is 0.00000312. The number of rotatable bonds is 10. The molecule has 0 saturated heterocycles. The average molecular weight is 460 g/mol. The molecule has 0 aromatic heterocycles. The summed E-state index contributed by atoms with van der Waals surface area (Å²) in [6, 6.07) is 8.67. The van der Waals surface area contributed by atoms with E-state index in [9.17, 15) is 0 Å². The van der Waals surface area contributed by atoms with Gasteiger partial charge in [-0.05, 0) is 50.4 Å². The first kappa shape index (κ1) is 22.2. The Morgan fingerprint density at radius 1 is 1.24 bits per heavy atom. The minimum Gasteiger partial charge on any atom is -0.381 e. The van der Waals surface area contributed by atoms with Gasteiger partial charge in [0.1, 0.15) is 0 Å². The summed E-state index contributed by atoms with van der Waals surface area (Å²) >= 11 is 0. The number of nitrogens with one attached hydrogen (secondary N) is 2. The Bertz CT molecular complexity index is 518. The van der Waals surface area contributed by atoms with Gasteiger partial charge in [0.25, 0.3) is 0 Å². The van der Waals surface area contributed by atoms with Crippen LogP contribution < -0.4 is 10.6 Å². The summed E-state index contributed by atoms with van der Waals surface area (Å²) in [7, 11) is 5.98. The summed E-state index contributed by atoms with van der Waals surface area (Å²) in [4.78, 5) is 6.45. The lowest BCUT2D eigenvalue weighted by Gasteiger charge is -2.14. The molecule has 0 heterocycles. The number of aliphatic imine (C=N–C) groups is 1. The van der Waals surface area contributed by atoms with Crippen molar-refractivity contribution in [1.82, 2.24) is 15.5 Å². The van der Waals surface area contributed by atoms with Gasteiger partial charge in [-0.2, -0.15) is 0 Å². The van der Waals surface area contributed by atoms with Gasteiger partial charge in [0, 0.05) is 39.9 Å². The SMILES string of the molecule is CN=C(NCCCOCC1CC1)NCc1cccc(CN(C)C)c1.I. The highest BCUT2D eigenvalue weighted by atomic mass is 127. The molecule has 0 atom stereocenters. The lowest BCUT2D eigenvalue weighted by Crippen LogP contribution is -2.37. The van der Waals surface area contributed by atoms with Crippen LogP contribution in [0.15, 0.2) is 29.3 Å². The van der Waals surface area contributed by atoms with Gasteiger partial charge in [-0.1, -0.05) is 24.3 Å². The van der Waals surface area contributed by atoms with Crippen LogP contribution in [0, 0.1) is 5.92 Å². The molecule has 0 bridgehead atoms. The van der Waals surface area contributed by atoms with E-state index in [4.69, 9.17) is 4.74 Å². The van der Waals surface area contributed by atoms with Crippen molar-refractivity contribution in [2.24, 2.45) is 10.9 Å². The summed E-state index contributed by atoms with van der Waals surface area (Å²) < 4.78 is 5.64. The molecule has 25 heavy (non-hydrogen) atoms. The number of benzene rings is 1. The molecule has 2 rings (SSSR count). The maximum absolute atomic E-state index is 5.64. The molecule has 142 valence electrons. The van der Waals surface area contributed by atoms with Gasteiger partial charge in [0.05, 0.1) is 0 Å². The third-order valence-corrected chi connectivity index (χ3v) is 3.98. The van der Waals surface area contributed by atoms with Crippen molar-refractivity contribution in [2.45, 2.75) is 32.4 Å². The van der Waals surface area contributed by atoms with Crippen LogP contribution >= 0.6 is 24.0 Å². The van der Waals surface area contributed by atoms with Crippen LogP contribution in [-0.4, -0.2) is 51.8 Å². The van der Waals surface area contributed by atoms with E-state index < -0.39 is 0 Å². The van der Waals surface area contributed by atoms with Crippen molar-refractivity contribution in [3.63, 3.8) is 0 Å². The molecule has 1 saturated carbocycles. The van der Waals surface area contributed by atoms with Gasteiger partial charge in [-0.3, -0.25) is 4.99 Å². The van der Waals surface area contributed by atoms with Crippen LogP contribution in [0.2, 0.25) is 0 Å². The zero-order valence-corrected chi connectivity index (χ0v) is 18.1. The second-order valence-electron chi connectivity index (χ2n) is 6.78. The second kappa shape index (κ2) is 12.5. The predicted molar refractivity (Wildman–Crippen MR) is 116 cm³/mol. The molecule has 0 unspecified atom stereocenters. The minimum absolute atomic E-state index is 0. The third kappa shape index (κ3) is 10.0. The van der Waals surface area contributed by atoms with Crippen LogP contribution in [0.3, 0.4) is 0 Å². The van der Waals surface area contributed by atoms with Crippen molar-refractivity contribution in [1.29, 1.82) is 0 Å². The maximum atomic E-state index is 5.64. The van der Waals surface area contributed by atoms with Gasteiger partial charge in [-0.15, -0.1) is 24.0 Å². The number of hydrogen-bond donors (Lipinski definition) is 2. The first-order valence-electron chi connectivity index (χ1n) is 8.92. The number of guanidine groups is 1. The van der Waals surface area contributed by atoms with E-state index in [-0.39, 0.29) is 24.0 Å². The van der Waals surface area contributed by atoms with Crippen molar-refractivity contribution in [3.8, 4) is 0 Å². The molecule has 1 aliphatic rings. The van der Waals surface area contributed by atoms with Crippen LogP contribution in [-0.2, 0) is 17.8 Å². The van der Waals surface area contributed by atoms with Crippen molar-refractivity contribution >= 4 is 29.9 Å². The van der Waals surface area contributed by atoms with E-state index in [0.29, 0.717) is 0 Å². The number of ether oxygens (including phenoxy) is 1. The summed E-state index contributed by atoms with van der Waals surface area (Å²) in [5.41, 5.74) is 2.60. The fourth-order valence-electron chi connectivity index (χ4n) is 2.53. The Hall–Kier alpha value is -0.860. The molecular formula is C19H33IN4O. The lowest BCUT2D eigenvalue weighted by molar-refractivity contribution is 0.123. The summed E-state index contributed by atoms with van der Waals surface area (Å²) in [5, 5.41) is 6.71. The first-order chi connectivity index (χ1) is 11.7. The minimum atomic E-state index is 0. The Labute approximate surface area is 169 Å². The predicted octanol–water partition coefficient (Wildman–Crippen LogP) is 2.85. The number of nitrogens with zero attached hydrogens (tertiary/aromatic N) is 2. The maximum Gasteiger partial charge on any atom is 0.191 e. The van der Waals surface area contributed by atoms with E-state index in [2.05, 4.69) is 58.9 Å². The third-order valence-electron chi connectivity index (χ3n) is 3.98. The highest BCUT2D eigenvalue weighted by Gasteiger charge is 2.20. The Morgan fingerprint density at radius 2 is 2.00 bits per heavy atom. The van der Waals surface area contributed by atoms with Crippen LogP contribution in [0.4, 0.5) is 0 Å². The lowest BCUT2D eigenvalue weighted by atomic mass is 10.1. The van der Waals surface area contributed by atoms with Crippen molar-refractivity contribution < 1.29 is 4.74 Å². The first-order valence-corrected chi connectivity index (χ1v) is 8.92. The van der Waals surface area contributed by atoms with Crippen LogP contribution in [0.1, 0.15) is 30.4 Å².